The molecule has 5 aromatic carbocycles. The lowest BCUT2D eigenvalue weighted by molar-refractivity contribution is -0.0143. The highest BCUT2D eigenvalue weighted by molar-refractivity contribution is 6.38. The fraction of sp³-hybridized carbons (Fsp3) is 0.333. The molecule has 0 aliphatic carbocycles. The van der Waals surface area contributed by atoms with Crippen molar-refractivity contribution in [3.8, 4) is 0 Å². The minimum Gasteiger partial charge on any atom is -0.478 e. The standard InChI is InChI=1S/C36H40N4O6/c1-7-38(8-2)19(5)40(20(6)39(9-3)10-4)34(42)26-16-12-22-24-14-18-28(36(45)46)32-27(35(43)44)17-13-23(30(24)32)21-11-15-25(33(37)41)31(26)29(21)22/h11-20H,7-10H2,1-6H3,(H2,37,41)(H,43,44)(H,45,46). The van der Waals surface area contributed by atoms with E-state index < -0.39 is 17.8 Å². The predicted molar refractivity (Wildman–Crippen MR) is 181 cm³/mol. The van der Waals surface area contributed by atoms with Crippen LogP contribution < -0.4 is 5.73 Å². The van der Waals surface area contributed by atoms with Crippen LogP contribution in [-0.2, 0) is 0 Å². The predicted octanol–water partition coefficient (Wildman–Crippen LogP) is 6.05. The van der Waals surface area contributed by atoms with Gasteiger partial charge in [0.15, 0.2) is 0 Å². The molecule has 0 heterocycles. The van der Waals surface area contributed by atoms with Crippen LogP contribution in [0.2, 0.25) is 0 Å². The molecule has 0 saturated heterocycles. The first-order valence-electron chi connectivity index (χ1n) is 15.7. The highest BCUT2D eigenvalue weighted by atomic mass is 16.4. The molecule has 0 aromatic heterocycles. The molecule has 0 aliphatic heterocycles. The Morgan fingerprint density at radius 3 is 1.22 bits per heavy atom. The minimum atomic E-state index is -1.24. The number of nitrogens with zero attached hydrogens (tertiary/aromatic N) is 3. The van der Waals surface area contributed by atoms with Crippen LogP contribution in [0.5, 0.6) is 0 Å². The quantitative estimate of drug-likeness (QED) is 0.0865. The van der Waals surface area contributed by atoms with Gasteiger partial charge in [-0.1, -0.05) is 52.0 Å². The number of carboxylic acids is 2. The summed E-state index contributed by atoms with van der Waals surface area (Å²) in [4.78, 5) is 58.7. The van der Waals surface area contributed by atoms with Gasteiger partial charge in [0.25, 0.3) is 5.91 Å². The number of carbonyl (C=O) groups is 4. The molecular weight excluding hydrogens is 584 g/mol. The second kappa shape index (κ2) is 12.5. The Morgan fingerprint density at radius 1 is 0.565 bits per heavy atom. The van der Waals surface area contributed by atoms with Crippen molar-refractivity contribution in [2.24, 2.45) is 5.73 Å². The van der Waals surface area contributed by atoms with Crippen molar-refractivity contribution in [3.63, 3.8) is 0 Å². The van der Waals surface area contributed by atoms with Crippen molar-refractivity contribution in [1.82, 2.24) is 14.7 Å². The van der Waals surface area contributed by atoms with Crippen LogP contribution in [0.25, 0.3) is 43.1 Å². The lowest BCUT2D eigenvalue weighted by Gasteiger charge is -2.44. The van der Waals surface area contributed by atoms with Gasteiger partial charge in [0, 0.05) is 21.9 Å². The zero-order valence-corrected chi connectivity index (χ0v) is 27.0. The van der Waals surface area contributed by atoms with Crippen LogP contribution in [0, 0.1) is 0 Å². The number of carbonyl (C=O) groups excluding carboxylic acids is 2. The molecule has 0 aliphatic rings. The minimum absolute atomic E-state index is 0.121. The molecule has 0 saturated carbocycles. The molecule has 2 atom stereocenters. The maximum Gasteiger partial charge on any atom is 0.336 e. The smallest absolute Gasteiger partial charge is 0.336 e. The first kappa shape index (κ1) is 32.6. The van der Waals surface area contributed by atoms with E-state index in [1.807, 2.05) is 18.7 Å². The highest BCUT2D eigenvalue weighted by Gasteiger charge is 2.34. The van der Waals surface area contributed by atoms with Crippen molar-refractivity contribution >= 4 is 66.8 Å². The second-order valence-corrected chi connectivity index (χ2v) is 11.5. The number of amides is 2. The largest absolute Gasteiger partial charge is 0.478 e. The van der Waals surface area contributed by atoms with E-state index in [0.29, 0.717) is 43.3 Å². The fourth-order valence-electron chi connectivity index (χ4n) is 7.28. The maximum atomic E-state index is 14.9. The number of hydrogen-bond donors (Lipinski definition) is 3. The number of fused-ring (bicyclic) bond motifs is 2. The third-order valence-electron chi connectivity index (χ3n) is 9.58. The molecule has 0 radical (unpaired) electrons. The van der Waals surface area contributed by atoms with Crippen molar-refractivity contribution in [3.05, 3.63) is 70.8 Å². The molecule has 240 valence electrons. The molecule has 2 unspecified atom stereocenters. The first-order valence-corrected chi connectivity index (χ1v) is 15.7. The van der Waals surface area contributed by atoms with Crippen LogP contribution in [0.15, 0.2) is 48.5 Å². The van der Waals surface area contributed by atoms with Gasteiger partial charge in [0.1, 0.15) is 0 Å². The van der Waals surface area contributed by atoms with Gasteiger partial charge in [0.2, 0.25) is 5.91 Å². The van der Waals surface area contributed by atoms with Crippen molar-refractivity contribution in [2.45, 2.75) is 53.9 Å². The number of rotatable bonds is 12. The number of aromatic carboxylic acids is 2. The van der Waals surface area contributed by atoms with E-state index >= 15 is 0 Å². The Morgan fingerprint density at radius 2 is 0.891 bits per heavy atom. The van der Waals surface area contributed by atoms with Gasteiger partial charge in [-0.25, -0.2) is 9.59 Å². The molecule has 0 bridgehead atoms. The average Bonchev–Trinajstić information content (AvgIpc) is 3.03. The lowest BCUT2D eigenvalue weighted by Crippen LogP contribution is -2.58. The summed E-state index contributed by atoms with van der Waals surface area (Å²) in [6, 6.07) is 13.0. The number of nitrogens with two attached hydrogens (primary N) is 1. The fourth-order valence-corrected chi connectivity index (χ4v) is 7.28. The van der Waals surface area contributed by atoms with Gasteiger partial charge in [-0.3, -0.25) is 19.4 Å². The molecule has 5 aromatic rings. The number of hydrogen-bond acceptors (Lipinski definition) is 6. The van der Waals surface area contributed by atoms with E-state index in [4.69, 9.17) is 5.73 Å². The van der Waals surface area contributed by atoms with Crippen molar-refractivity contribution in [2.75, 3.05) is 26.2 Å². The van der Waals surface area contributed by atoms with Crippen LogP contribution >= 0.6 is 0 Å². The Bertz CT molecular complexity index is 1930. The summed E-state index contributed by atoms with van der Waals surface area (Å²) in [7, 11) is 0. The summed E-state index contributed by atoms with van der Waals surface area (Å²) in [6.45, 7) is 15.2. The molecule has 10 heteroatoms. The third-order valence-corrected chi connectivity index (χ3v) is 9.58. The highest BCUT2D eigenvalue weighted by Crippen LogP contribution is 2.44. The van der Waals surface area contributed by atoms with Crippen LogP contribution in [-0.4, -0.2) is 87.2 Å². The van der Waals surface area contributed by atoms with E-state index in [0.717, 1.165) is 26.2 Å². The summed E-state index contributed by atoms with van der Waals surface area (Å²) in [6.07, 6.45) is -0.529. The molecule has 2 amide bonds. The van der Waals surface area contributed by atoms with Crippen LogP contribution in [0.4, 0.5) is 0 Å². The second-order valence-electron chi connectivity index (χ2n) is 11.5. The normalized spacial score (nSPS) is 13.3. The zero-order valence-electron chi connectivity index (χ0n) is 27.0. The van der Waals surface area contributed by atoms with Crippen LogP contribution in [0.3, 0.4) is 0 Å². The van der Waals surface area contributed by atoms with Crippen molar-refractivity contribution < 1.29 is 29.4 Å². The Kier molecular flexibility index (Phi) is 8.88. The Balaban J connectivity index is 1.92. The number of carboxylic acid groups (broad SMARTS) is 2. The molecule has 0 spiro atoms. The van der Waals surface area contributed by atoms with Gasteiger partial charge in [-0.15, -0.1) is 0 Å². The van der Waals surface area contributed by atoms with E-state index in [9.17, 15) is 29.4 Å². The molecule has 4 N–H and O–H groups in total. The summed E-state index contributed by atoms with van der Waals surface area (Å²) in [5.41, 5.74) is 6.24. The average molecular weight is 625 g/mol. The van der Waals surface area contributed by atoms with E-state index in [2.05, 4.69) is 37.5 Å². The first-order chi connectivity index (χ1) is 21.9. The number of primary amides is 1. The van der Waals surface area contributed by atoms with E-state index in [1.165, 1.54) is 12.1 Å². The molecular formula is C36H40N4O6. The summed E-state index contributed by atoms with van der Waals surface area (Å²) in [5, 5.41) is 24.2. The zero-order chi connectivity index (χ0) is 33.6. The topological polar surface area (TPSA) is 144 Å². The molecule has 5 rings (SSSR count). The summed E-state index contributed by atoms with van der Waals surface area (Å²) < 4.78 is 0. The van der Waals surface area contributed by atoms with E-state index in [1.54, 1.807) is 36.4 Å². The van der Waals surface area contributed by atoms with Gasteiger partial charge in [-0.2, -0.15) is 0 Å². The third kappa shape index (κ3) is 4.98. The Hall–Kier alpha value is -4.80. The monoisotopic (exact) mass is 624 g/mol. The molecule has 10 nitrogen and oxygen atoms in total. The van der Waals surface area contributed by atoms with Crippen molar-refractivity contribution in [1.29, 1.82) is 0 Å². The molecule has 0 fully saturated rings. The van der Waals surface area contributed by atoms with E-state index in [-0.39, 0.29) is 40.3 Å². The van der Waals surface area contributed by atoms with Crippen LogP contribution in [0.1, 0.15) is 83.0 Å². The van der Waals surface area contributed by atoms with Gasteiger partial charge in [-0.05, 0) is 96.6 Å². The van der Waals surface area contributed by atoms with Gasteiger partial charge >= 0.3 is 11.9 Å². The molecule has 46 heavy (non-hydrogen) atoms. The summed E-state index contributed by atoms with van der Waals surface area (Å²) >= 11 is 0. The van der Waals surface area contributed by atoms with Gasteiger partial charge < -0.3 is 20.8 Å². The Labute approximate surface area is 267 Å². The van der Waals surface area contributed by atoms with Gasteiger partial charge in [0.05, 0.1) is 23.5 Å². The lowest BCUT2D eigenvalue weighted by atomic mass is 9.84. The number of benzene rings is 5. The summed E-state index contributed by atoms with van der Waals surface area (Å²) in [5.74, 6) is -3.41. The SMILES string of the molecule is CCN(CC)C(C)N(C(=O)c1ccc2c3ccc(C(=O)O)c4c(C(=O)O)ccc(c5ccc(C(N)=O)c1c52)c43)C(C)N(CC)CC. The maximum absolute atomic E-state index is 14.9.